The topological polar surface area (TPSA) is 67.6 Å². The number of nitrogens with zero attached hydrogens (tertiary/aromatic N) is 1. The monoisotopic (exact) mass is 263 g/mol. The molecule has 0 atom stereocenters. The Hall–Kier alpha value is -1.75. The van der Waals surface area contributed by atoms with Crippen molar-refractivity contribution in [2.75, 3.05) is 44.0 Å². The Labute approximate surface area is 113 Å². The van der Waals surface area contributed by atoms with Gasteiger partial charge in [-0.3, -0.25) is 4.79 Å². The van der Waals surface area contributed by atoms with Crippen LogP contribution < -0.4 is 16.0 Å². The molecule has 1 heterocycles. The molecule has 2 rings (SSSR count). The number of aryl methyl sites for hydroxylation is 1. The summed E-state index contributed by atoms with van der Waals surface area (Å²) in [4.78, 5) is 13.9. The van der Waals surface area contributed by atoms with Gasteiger partial charge in [-0.2, -0.15) is 0 Å². The zero-order valence-corrected chi connectivity index (χ0v) is 11.3. The van der Waals surface area contributed by atoms with E-state index in [2.05, 4.69) is 10.2 Å². The Kier molecular flexibility index (Phi) is 4.63. The first kappa shape index (κ1) is 13.7. The van der Waals surface area contributed by atoms with Gasteiger partial charge in [-0.1, -0.05) is 0 Å². The van der Waals surface area contributed by atoms with Gasteiger partial charge in [0.25, 0.3) is 0 Å². The highest BCUT2D eigenvalue weighted by molar-refractivity contribution is 5.82. The largest absolute Gasteiger partial charge is 0.399 e. The number of carbonyl (C=O) groups excluding carboxylic acids is 1. The second kappa shape index (κ2) is 6.43. The van der Waals surface area contributed by atoms with Crippen LogP contribution in [-0.4, -0.2) is 39.3 Å². The fourth-order valence-corrected chi connectivity index (χ4v) is 2.38. The summed E-state index contributed by atoms with van der Waals surface area (Å²) in [7, 11) is 1.62. The summed E-state index contributed by atoms with van der Waals surface area (Å²) < 4.78 is 4.91. The molecule has 0 spiro atoms. The van der Waals surface area contributed by atoms with E-state index < -0.39 is 0 Å². The van der Waals surface area contributed by atoms with Crippen molar-refractivity contribution < 1.29 is 9.53 Å². The van der Waals surface area contributed by atoms with Crippen molar-refractivity contribution in [3.63, 3.8) is 0 Å². The van der Waals surface area contributed by atoms with E-state index in [0.717, 1.165) is 30.8 Å². The molecule has 1 aliphatic heterocycles. The highest BCUT2D eigenvalue weighted by Crippen LogP contribution is 2.28. The number of methoxy groups -OCH3 is 1. The summed E-state index contributed by atoms with van der Waals surface area (Å²) in [6.07, 6.45) is 2.09. The molecule has 0 saturated carbocycles. The van der Waals surface area contributed by atoms with Crippen molar-refractivity contribution in [3.8, 4) is 0 Å². The lowest BCUT2D eigenvalue weighted by Crippen LogP contribution is -2.40. The predicted octanol–water partition coefficient (Wildman–Crippen LogP) is 0.784. The molecule has 1 aromatic rings. The van der Waals surface area contributed by atoms with Gasteiger partial charge in [0.1, 0.15) is 0 Å². The number of fused-ring (bicyclic) bond motifs is 1. The van der Waals surface area contributed by atoms with E-state index in [4.69, 9.17) is 10.5 Å². The standard InChI is InChI=1S/C14H21N3O2/c1-19-8-6-16-14(18)10-17-7-2-3-11-9-12(15)4-5-13(11)17/h4-5,9H,2-3,6-8,10,15H2,1H3,(H,16,18). The van der Waals surface area contributed by atoms with E-state index in [1.54, 1.807) is 7.11 Å². The molecule has 104 valence electrons. The number of hydrogen-bond donors (Lipinski definition) is 2. The highest BCUT2D eigenvalue weighted by Gasteiger charge is 2.18. The maximum absolute atomic E-state index is 11.8. The highest BCUT2D eigenvalue weighted by atomic mass is 16.5. The van der Waals surface area contributed by atoms with Gasteiger partial charge < -0.3 is 20.7 Å². The summed E-state index contributed by atoms with van der Waals surface area (Å²) >= 11 is 0. The third-order valence-corrected chi connectivity index (χ3v) is 3.28. The van der Waals surface area contributed by atoms with Crippen LogP contribution in [0.25, 0.3) is 0 Å². The second-order valence-corrected chi connectivity index (χ2v) is 4.76. The van der Waals surface area contributed by atoms with Gasteiger partial charge in [-0.05, 0) is 36.6 Å². The van der Waals surface area contributed by atoms with Gasteiger partial charge in [0.2, 0.25) is 5.91 Å². The molecule has 1 aromatic carbocycles. The minimum Gasteiger partial charge on any atom is -0.399 e. The average Bonchev–Trinajstić information content (AvgIpc) is 2.39. The summed E-state index contributed by atoms with van der Waals surface area (Å²) in [5, 5.41) is 2.84. The zero-order chi connectivity index (χ0) is 13.7. The van der Waals surface area contributed by atoms with E-state index in [0.29, 0.717) is 19.7 Å². The summed E-state index contributed by atoms with van der Waals surface area (Å²) in [6.45, 7) is 2.39. The van der Waals surface area contributed by atoms with Gasteiger partial charge in [0.15, 0.2) is 0 Å². The first-order chi connectivity index (χ1) is 9.20. The Morgan fingerprint density at radius 3 is 3.16 bits per heavy atom. The number of nitrogens with two attached hydrogens (primary N) is 1. The average molecular weight is 263 g/mol. The molecule has 0 aromatic heterocycles. The number of nitrogens with one attached hydrogen (secondary N) is 1. The Morgan fingerprint density at radius 1 is 1.53 bits per heavy atom. The summed E-state index contributed by atoms with van der Waals surface area (Å²) in [5.74, 6) is 0.0294. The number of ether oxygens (including phenoxy) is 1. The number of hydrogen-bond acceptors (Lipinski definition) is 4. The fourth-order valence-electron chi connectivity index (χ4n) is 2.38. The van der Waals surface area contributed by atoms with Crippen molar-refractivity contribution in [3.05, 3.63) is 23.8 Å². The minimum absolute atomic E-state index is 0.0294. The normalized spacial score (nSPS) is 14.1. The lowest BCUT2D eigenvalue weighted by atomic mass is 10.0. The number of benzene rings is 1. The van der Waals surface area contributed by atoms with E-state index in [1.807, 2.05) is 18.2 Å². The van der Waals surface area contributed by atoms with Crippen molar-refractivity contribution in [2.24, 2.45) is 0 Å². The van der Waals surface area contributed by atoms with Crippen LogP contribution in [0, 0.1) is 0 Å². The van der Waals surface area contributed by atoms with Gasteiger partial charge in [0.05, 0.1) is 13.2 Å². The summed E-state index contributed by atoms with van der Waals surface area (Å²) in [6, 6.07) is 5.90. The molecule has 5 heteroatoms. The molecule has 1 amide bonds. The SMILES string of the molecule is COCCNC(=O)CN1CCCc2cc(N)ccc21. The van der Waals surface area contributed by atoms with Crippen LogP contribution in [0.2, 0.25) is 0 Å². The van der Waals surface area contributed by atoms with Crippen LogP contribution in [0.15, 0.2) is 18.2 Å². The number of amides is 1. The van der Waals surface area contributed by atoms with Crippen LogP contribution in [0.3, 0.4) is 0 Å². The maximum atomic E-state index is 11.8. The molecule has 3 N–H and O–H groups in total. The molecular weight excluding hydrogens is 242 g/mol. The Balaban J connectivity index is 1.97. The summed E-state index contributed by atoms with van der Waals surface area (Å²) in [5.41, 5.74) is 8.94. The van der Waals surface area contributed by atoms with E-state index in [-0.39, 0.29) is 5.91 Å². The molecule has 0 unspecified atom stereocenters. The number of anilines is 2. The fraction of sp³-hybridized carbons (Fsp3) is 0.500. The smallest absolute Gasteiger partial charge is 0.239 e. The van der Waals surface area contributed by atoms with Crippen LogP contribution in [0.5, 0.6) is 0 Å². The lowest BCUT2D eigenvalue weighted by Gasteiger charge is -2.30. The Morgan fingerprint density at radius 2 is 2.37 bits per heavy atom. The number of nitrogen functional groups attached to an aromatic ring is 1. The number of carbonyl (C=O) groups is 1. The first-order valence-electron chi connectivity index (χ1n) is 6.59. The predicted molar refractivity (Wildman–Crippen MR) is 76.3 cm³/mol. The quantitative estimate of drug-likeness (QED) is 0.608. The molecule has 1 aliphatic rings. The van der Waals surface area contributed by atoms with Gasteiger partial charge in [0, 0.05) is 31.6 Å². The van der Waals surface area contributed by atoms with Gasteiger partial charge >= 0.3 is 0 Å². The Bertz CT molecular complexity index is 448. The van der Waals surface area contributed by atoms with Crippen molar-refractivity contribution in [1.82, 2.24) is 5.32 Å². The second-order valence-electron chi connectivity index (χ2n) is 4.76. The van der Waals surface area contributed by atoms with E-state index in [1.165, 1.54) is 5.56 Å². The van der Waals surface area contributed by atoms with Gasteiger partial charge in [-0.15, -0.1) is 0 Å². The van der Waals surface area contributed by atoms with Crippen molar-refractivity contribution in [2.45, 2.75) is 12.8 Å². The molecule has 5 nitrogen and oxygen atoms in total. The first-order valence-corrected chi connectivity index (χ1v) is 6.59. The molecule has 0 saturated heterocycles. The van der Waals surface area contributed by atoms with Crippen molar-refractivity contribution in [1.29, 1.82) is 0 Å². The van der Waals surface area contributed by atoms with Crippen LogP contribution >= 0.6 is 0 Å². The maximum Gasteiger partial charge on any atom is 0.239 e. The molecular formula is C14H21N3O2. The van der Waals surface area contributed by atoms with Crippen LogP contribution in [0.4, 0.5) is 11.4 Å². The third kappa shape index (κ3) is 3.61. The van der Waals surface area contributed by atoms with Crippen molar-refractivity contribution >= 4 is 17.3 Å². The zero-order valence-electron chi connectivity index (χ0n) is 11.3. The molecule has 19 heavy (non-hydrogen) atoms. The molecule has 0 fully saturated rings. The molecule has 0 bridgehead atoms. The molecule has 0 aliphatic carbocycles. The van der Waals surface area contributed by atoms with Crippen LogP contribution in [0.1, 0.15) is 12.0 Å². The lowest BCUT2D eigenvalue weighted by molar-refractivity contribution is -0.120. The molecule has 0 radical (unpaired) electrons. The van der Waals surface area contributed by atoms with Gasteiger partial charge in [-0.25, -0.2) is 0 Å². The third-order valence-electron chi connectivity index (χ3n) is 3.28. The van der Waals surface area contributed by atoms with E-state index >= 15 is 0 Å². The van der Waals surface area contributed by atoms with E-state index in [9.17, 15) is 4.79 Å². The number of rotatable bonds is 5. The minimum atomic E-state index is 0.0294. The van der Waals surface area contributed by atoms with Crippen LogP contribution in [-0.2, 0) is 16.0 Å².